The fourth-order valence-electron chi connectivity index (χ4n) is 4.22. The molecule has 0 aromatic rings. The molecule has 0 radical (unpaired) electrons. The Morgan fingerprint density at radius 2 is 1.43 bits per heavy atom. The van der Waals surface area contributed by atoms with E-state index < -0.39 is 0 Å². The lowest BCUT2D eigenvalue weighted by Crippen LogP contribution is -2.74. The number of nitrogens with zero attached hydrogens (tertiary/aromatic N) is 3. The summed E-state index contributed by atoms with van der Waals surface area (Å²) in [5.41, 5.74) is 0.457. The van der Waals surface area contributed by atoms with Gasteiger partial charge in [0.1, 0.15) is 0 Å². The fraction of sp³-hybridized carbons (Fsp3) is 0.941. The minimum atomic E-state index is 0.290. The van der Waals surface area contributed by atoms with Gasteiger partial charge in [0.05, 0.1) is 0 Å². The van der Waals surface area contributed by atoms with Crippen LogP contribution in [-0.4, -0.2) is 72.0 Å². The molecule has 0 bridgehead atoms. The maximum atomic E-state index is 12.6. The Hall–Kier alpha value is -0.610. The standard InChI is InChI=1S/C17H31N3O/c1-13(2)18-7-5-15(6-8-18)16(21)20-11-17(12-20)9-19(10-17)14(3)4/h13-15H,5-12H2,1-4H3. The van der Waals surface area contributed by atoms with E-state index in [1.54, 1.807) is 0 Å². The molecule has 4 heteroatoms. The van der Waals surface area contributed by atoms with Crippen molar-refractivity contribution in [2.24, 2.45) is 11.3 Å². The quantitative estimate of drug-likeness (QED) is 0.792. The van der Waals surface area contributed by atoms with Gasteiger partial charge in [-0.1, -0.05) is 0 Å². The van der Waals surface area contributed by atoms with Crippen LogP contribution in [0.25, 0.3) is 0 Å². The Balaban J connectivity index is 1.43. The van der Waals surface area contributed by atoms with Crippen LogP contribution in [0.3, 0.4) is 0 Å². The first kappa shape index (κ1) is 15.3. The number of likely N-dealkylation sites (tertiary alicyclic amines) is 3. The zero-order chi connectivity index (χ0) is 15.2. The molecule has 0 aromatic carbocycles. The number of piperidine rings is 1. The van der Waals surface area contributed by atoms with Gasteiger partial charge in [-0.15, -0.1) is 0 Å². The highest BCUT2D eigenvalue weighted by Crippen LogP contribution is 2.41. The van der Waals surface area contributed by atoms with E-state index in [4.69, 9.17) is 0 Å². The van der Waals surface area contributed by atoms with Crippen molar-refractivity contribution in [2.45, 2.75) is 52.6 Å². The molecule has 3 saturated heterocycles. The Labute approximate surface area is 129 Å². The predicted molar refractivity (Wildman–Crippen MR) is 85.2 cm³/mol. The summed E-state index contributed by atoms with van der Waals surface area (Å²) >= 11 is 0. The number of rotatable bonds is 3. The summed E-state index contributed by atoms with van der Waals surface area (Å²) in [5.74, 6) is 0.727. The smallest absolute Gasteiger partial charge is 0.225 e. The fourth-order valence-corrected chi connectivity index (χ4v) is 4.22. The second kappa shape index (κ2) is 5.54. The van der Waals surface area contributed by atoms with E-state index in [0.717, 1.165) is 39.0 Å². The number of carbonyl (C=O) groups excluding carboxylic acids is 1. The van der Waals surface area contributed by atoms with Crippen molar-refractivity contribution in [2.75, 3.05) is 39.3 Å². The maximum Gasteiger partial charge on any atom is 0.225 e. The van der Waals surface area contributed by atoms with Gasteiger partial charge in [-0.25, -0.2) is 0 Å². The highest BCUT2D eigenvalue weighted by atomic mass is 16.2. The average molecular weight is 293 g/mol. The molecule has 120 valence electrons. The molecule has 1 amide bonds. The van der Waals surface area contributed by atoms with Crippen LogP contribution in [0.5, 0.6) is 0 Å². The largest absolute Gasteiger partial charge is 0.341 e. The molecule has 3 aliphatic heterocycles. The van der Waals surface area contributed by atoms with Gasteiger partial charge in [-0.05, 0) is 53.6 Å². The molecule has 0 saturated carbocycles. The molecule has 3 aliphatic rings. The molecule has 3 rings (SSSR count). The summed E-state index contributed by atoms with van der Waals surface area (Å²) in [6.07, 6.45) is 2.11. The van der Waals surface area contributed by atoms with E-state index >= 15 is 0 Å². The minimum Gasteiger partial charge on any atom is -0.341 e. The van der Waals surface area contributed by atoms with Crippen molar-refractivity contribution < 1.29 is 4.79 Å². The number of amides is 1. The molecule has 0 aromatic heterocycles. The minimum absolute atomic E-state index is 0.290. The van der Waals surface area contributed by atoms with Gasteiger partial charge < -0.3 is 9.80 Å². The summed E-state index contributed by atoms with van der Waals surface area (Å²) in [6, 6.07) is 1.27. The van der Waals surface area contributed by atoms with Crippen molar-refractivity contribution in [3.8, 4) is 0 Å². The third-order valence-corrected chi connectivity index (χ3v) is 5.78. The molecule has 1 spiro atoms. The third kappa shape index (κ3) is 2.85. The first-order valence-corrected chi connectivity index (χ1v) is 8.67. The predicted octanol–water partition coefficient (Wildman–Crippen LogP) is 1.66. The first-order chi connectivity index (χ1) is 9.90. The van der Waals surface area contributed by atoms with Crippen LogP contribution in [0.1, 0.15) is 40.5 Å². The first-order valence-electron chi connectivity index (χ1n) is 8.67. The van der Waals surface area contributed by atoms with Crippen LogP contribution in [0.15, 0.2) is 0 Å². The van der Waals surface area contributed by atoms with Crippen LogP contribution in [0.4, 0.5) is 0 Å². The maximum absolute atomic E-state index is 12.6. The monoisotopic (exact) mass is 293 g/mol. The van der Waals surface area contributed by atoms with Crippen LogP contribution in [0, 0.1) is 11.3 Å². The average Bonchev–Trinajstić information content (AvgIpc) is 2.35. The summed E-state index contributed by atoms with van der Waals surface area (Å²) < 4.78 is 0. The summed E-state index contributed by atoms with van der Waals surface area (Å²) in [5, 5.41) is 0. The molecule has 3 fully saturated rings. The summed E-state index contributed by atoms with van der Waals surface area (Å²) in [7, 11) is 0. The second-order valence-corrected chi connectivity index (χ2v) is 8.10. The van der Waals surface area contributed by atoms with Crippen molar-refractivity contribution in [1.29, 1.82) is 0 Å². The number of hydrogen-bond acceptors (Lipinski definition) is 3. The lowest BCUT2D eigenvalue weighted by Gasteiger charge is -2.62. The van der Waals surface area contributed by atoms with Gasteiger partial charge >= 0.3 is 0 Å². The molecule has 0 aliphatic carbocycles. The third-order valence-electron chi connectivity index (χ3n) is 5.78. The van der Waals surface area contributed by atoms with Gasteiger partial charge in [0.2, 0.25) is 5.91 Å². The van der Waals surface area contributed by atoms with Crippen molar-refractivity contribution in [3.05, 3.63) is 0 Å². The normalized spacial score (nSPS) is 27.2. The molecular weight excluding hydrogens is 262 g/mol. The molecule has 0 N–H and O–H groups in total. The summed E-state index contributed by atoms with van der Waals surface area (Å²) in [6.45, 7) is 15.6. The molecular formula is C17H31N3O. The van der Waals surface area contributed by atoms with Gasteiger partial charge in [0.25, 0.3) is 0 Å². The van der Waals surface area contributed by atoms with E-state index in [1.165, 1.54) is 13.1 Å². The van der Waals surface area contributed by atoms with Crippen LogP contribution in [0.2, 0.25) is 0 Å². The van der Waals surface area contributed by atoms with Gasteiger partial charge in [-0.3, -0.25) is 9.69 Å². The Kier molecular flexibility index (Phi) is 4.04. The number of hydrogen-bond donors (Lipinski definition) is 0. The highest BCUT2D eigenvalue weighted by Gasteiger charge is 2.54. The highest BCUT2D eigenvalue weighted by molar-refractivity contribution is 5.80. The van der Waals surface area contributed by atoms with E-state index in [-0.39, 0.29) is 0 Å². The van der Waals surface area contributed by atoms with E-state index in [1.807, 2.05) is 0 Å². The lowest BCUT2D eigenvalue weighted by molar-refractivity contribution is -0.167. The van der Waals surface area contributed by atoms with Gasteiger partial charge in [-0.2, -0.15) is 0 Å². The topological polar surface area (TPSA) is 26.8 Å². The Morgan fingerprint density at radius 1 is 0.905 bits per heavy atom. The van der Waals surface area contributed by atoms with Crippen LogP contribution < -0.4 is 0 Å². The Bertz CT molecular complexity index is 385. The van der Waals surface area contributed by atoms with Crippen LogP contribution in [-0.2, 0) is 4.79 Å². The lowest BCUT2D eigenvalue weighted by atomic mass is 9.71. The molecule has 0 unspecified atom stereocenters. The van der Waals surface area contributed by atoms with Crippen molar-refractivity contribution >= 4 is 5.91 Å². The molecule has 0 atom stereocenters. The zero-order valence-electron chi connectivity index (χ0n) is 14.1. The van der Waals surface area contributed by atoms with Gasteiger partial charge in [0, 0.05) is 49.6 Å². The van der Waals surface area contributed by atoms with Gasteiger partial charge in [0.15, 0.2) is 0 Å². The Morgan fingerprint density at radius 3 is 1.90 bits per heavy atom. The molecule has 21 heavy (non-hydrogen) atoms. The van der Waals surface area contributed by atoms with E-state index in [0.29, 0.717) is 29.3 Å². The zero-order valence-corrected chi connectivity index (χ0v) is 14.1. The van der Waals surface area contributed by atoms with Crippen LogP contribution >= 0.6 is 0 Å². The SMILES string of the molecule is CC(C)N1CCC(C(=O)N2CC3(C2)CN(C(C)C)C3)CC1. The molecule has 3 heterocycles. The molecule has 4 nitrogen and oxygen atoms in total. The van der Waals surface area contributed by atoms with Crippen molar-refractivity contribution in [3.63, 3.8) is 0 Å². The second-order valence-electron chi connectivity index (χ2n) is 8.10. The summed E-state index contributed by atoms with van der Waals surface area (Å²) in [4.78, 5) is 19.7. The van der Waals surface area contributed by atoms with Crippen molar-refractivity contribution in [1.82, 2.24) is 14.7 Å². The number of carbonyl (C=O) groups is 1. The van der Waals surface area contributed by atoms with E-state index in [9.17, 15) is 4.79 Å². The van der Waals surface area contributed by atoms with E-state index in [2.05, 4.69) is 42.4 Å².